The summed E-state index contributed by atoms with van der Waals surface area (Å²) in [5, 5.41) is 13.7. The molecule has 1 atom stereocenters. The monoisotopic (exact) mass is 735 g/mol. The van der Waals surface area contributed by atoms with Crippen molar-refractivity contribution in [2.24, 2.45) is 5.41 Å². The van der Waals surface area contributed by atoms with Gasteiger partial charge in [-0.15, -0.1) is 0 Å². The highest BCUT2D eigenvalue weighted by Crippen LogP contribution is 2.59. The van der Waals surface area contributed by atoms with Crippen LogP contribution in [0, 0.1) is 12.3 Å². The number of carbonyl (C=O) groups excluding carboxylic acids is 7. The summed E-state index contributed by atoms with van der Waals surface area (Å²) in [6.07, 6.45) is 7.12. The van der Waals surface area contributed by atoms with Gasteiger partial charge in [-0.3, -0.25) is 53.1 Å². The highest BCUT2D eigenvalue weighted by molar-refractivity contribution is 6.24. The van der Waals surface area contributed by atoms with Crippen LogP contribution in [0.15, 0.2) is 41.5 Å². The van der Waals surface area contributed by atoms with Gasteiger partial charge in [0, 0.05) is 31.0 Å². The number of hydrogen-bond donors (Lipinski definition) is 5. The fourth-order valence-electron chi connectivity index (χ4n) is 8.09. The van der Waals surface area contributed by atoms with Crippen LogP contribution in [0.25, 0.3) is 0 Å². The number of amides is 7. The van der Waals surface area contributed by atoms with Gasteiger partial charge in [0.15, 0.2) is 0 Å². The van der Waals surface area contributed by atoms with Crippen LogP contribution >= 0.6 is 0 Å². The topological polar surface area (TPSA) is 231 Å². The molecule has 2 aliphatic carbocycles. The van der Waals surface area contributed by atoms with Crippen LogP contribution in [0.2, 0.25) is 0 Å². The summed E-state index contributed by atoms with van der Waals surface area (Å²) in [5.74, 6) is -3.17. The van der Waals surface area contributed by atoms with Crippen molar-refractivity contribution in [2.45, 2.75) is 89.3 Å². The largest absolute Gasteiger partial charge is 0.336 e. The van der Waals surface area contributed by atoms with Crippen molar-refractivity contribution in [1.29, 1.82) is 0 Å². The lowest BCUT2D eigenvalue weighted by atomic mass is 9.79. The Morgan fingerprint density at radius 2 is 1.54 bits per heavy atom. The molecule has 0 bridgehead atoms. The number of carbonyl (C=O) groups is 7. The van der Waals surface area contributed by atoms with E-state index in [1.54, 1.807) is 17.6 Å². The minimum absolute atomic E-state index is 0.00232. The molecule has 2 saturated carbocycles. The highest BCUT2D eigenvalue weighted by Gasteiger charge is 2.54. The molecule has 1 aromatic carbocycles. The number of piperidine rings is 1. The normalized spacial score (nSPS) is 20.4. The van der Waals surface area contributed by atoms with E-state index in [0.29, 0.717) is 29.5 Å². The second-order valence-electron chi connectivity index (χ2n) is 14.8. The lowest BCUT2D eigenvalue weighted by molar-refractivity contribution is -0.136. The highest BCUT2D eigenvalue weighted by atomic mass is 16.2. The first-order chi connectivity index (χ1) is 25.8. The molecule has 54 heavy (non-hydrogen) atoms. The summed E-state index contributed by atoms with van der Waals surface area (Å²) in [7, 11) is 0. The number of benzene rings is 1. The van der Waals surface area contributed by atoms with Crippen LogP contribution in [-0.4, -0.2) is 66.8 Å². The van der Waals surface area contributed by atoms with Crippen LogP contribution in [0.3, 0.4) is 0 Å². The van der Waals surface area contributed by atoms with Crippen molar-refractivity contribution < 1.29 is 33.6 Å². The third-order valence-corrected chi connectivity index (χ3v) is 11.2. The SMILES string of the molecule is Cc1cc(Nc2cc(NC(=O)CCCC(=O)Nc3ccc4c(c3)C(=O)N(C3CCC(=O)NC3=O)C4=O)ncn2)c(=O)n2c1C(=O)NC21CCC2(CC2)CC1. The number of pyridine rings is 1. The maximum absolute atomic E-state index is 13.8. The summed E-state index contributed by atoms with van der Waals surface area (Å²) in [6, 6.07) is 6.23. The van der Waals surface area contributed by atoms with E-state index in [2.05, 4.69) is 36.6 Å². The summed E-state index contributed by atoms with van der Waals surface area (Å²) in [5.41, 5.74) is 0.932. The molecule has 5 N–H and O–H groups in total. The summed E-state index contributed by atoms with van der Waals surface area (Å²) < 4.78 is 1.62. The van der Waals surface area contributed by atoms with Crippen LogP contribution < -0.4 is 32.1 Å². The zero-order valence-corrected chi connectivity index (χ0v) is 29.4. The minimum atomic E-state index is -1.10. The number of imide groups is 2. The number of aromatic nitrogens is 3. The van der Waals surface area contributed by atoms with E-state index in [9.17, 15) is 38.4 Å². The molecule has 8 rings (SSSR count). The quantitative estimate of drug-likeness (QED) is 0.201. The Balaban J connectivity index is 0.853. The van der Waals surface area contributed by atoms with Crippen molar-refractivity contribution in [1.82, 2.24) is 30.1 Å². The fraction of sp³-hybridized carbons (Fsp3) is 0.405. The molecule has 1 saturated heterocycles. The molecule has 5 aliphatic rings. The van der Waals surface area contributed by atoms with Crippen LogP contribution in [0.5, 0.6) is 0 Å². The van der Waals surface area contributed by atoms with Gasteiger partial charge in [-0.2, -0.15) is 0 Å². The van der Waals surface area contributed by atoms with E-state index in [0.717, 1.165) is 17.7 Å². The maximum Gasteiger partial charge on any atom is 0.276 e. The number of nitrogens with one attached hydrogen (secondary N) is 5. The van der Waals surface area contributed by atoms with Gasteiger partial charge in [-0.25, -0.2) is 9.97 Å². The van der Waals surface area contributed by atoms with Gasteiger partial charge >= 0.3 is 0 Å². The average Bonchev–Trinajstić information content (AvgIpc) is 3.77. The predicted octanol–water partition coefficient (Wildman–Crippen LogP) is 2.59. The van der Waals surface area contributed by atoms with Crippen molar-refractivity contribution >= 4 is 64.4 Å². The number of rotatable bonds is 9. The molecule has 2 aromatic heterocycles. The van der Waals surface area contributed by atoms with E-state index in [4.69, 9.17) is 0 Å². The predicted molar refractivity (Wildman–Crippen MR) is 191 cm³/mol. The zero-order valence-electron chi connectivity index (χ0n) is 29.4. The van der Waals surface area contributed by atoms with Gasteiger partial charge in [0.25, 0.3) is 23.3 Å². The molecule has 7 amide bonds. The molecule has 3 aromatic rings. The van der Waals surface area contributed by atoms with Gasteiger partial charge < -0.3 is 21.3 Å². The zero-order chi connectivity index (χ0) is 37.9. The molecule has 2 spiro atoms. The number of nitrogens with zero attached hydrogens (tertiary/aromatic N) is 4. The Hall–Kier alpha value is -6.26. The van der Waals surface area contributed by atoms with Crippen molar-refractivity contribution in [3.8, 4) is 0 Å². The maximum atomic E-state index is 13.8. The van der Waals surface area contributed by atoms with Crippen molar-refractivity contribution in [3.05, 3.63) is 69.4 Å². The second kappa shape index (κ2) is 13.0. The Morgan fingerprint density at radius 1 is 0.852 bits per heavy atom. The second-order valence-corrected chi connectivity index (χ2v) is 14.8. The Kier molecular flexibility index (Phi) is 8.38. The standard InChI is InChI=1S/C37H37N9O8/c1-19-15-23(35(54)46-30(19)32(51)44-37(46)13-11-36(9-10-36)12-14-37)41-25-17-26(39-18-38-25)42-28(48)4-2-3-27(47)40-20-5-6-21-22(16-20)34(53)45(33(21)52)24-7-8-29(49)43-31(24)50/h5-6,15-18,24H,2-4,7-14H2,1H3,(H,40,47)(H,44,51)(H,43,49,50)(H2,38,39,41,42,48). The van der Waals surface area contributed by atoms with E-state index < -0.39 is 47.1 Å². The van der Waals surface area contributed by atoms with Crippen LogP contribution in [0.1, 0.15) is 107 Å². The van der Waals surface area contributed by atoms with E-state index in [-0.39, 0.29) is 77.7 Å². The van der Waals surface area contributed by atoms with Gasteiger partial charge in [-0.05, 0) is 93.5 Å². The summed E-state index contributed by atoms with van der Waals surface area (Å²) in [6.45, 7) is 1.79. The van der Waals surface area contributed by atoms with Gasteiger partial charge in [0.05, 0.1) is 11.1 Å². The molecular formula is C37H37N9O8. The van der Waals surface area contributed by atoms with Crippen LogP contribution in [-0.2, 0) is 24.8 Å². The number of hydrogen-bond acceptors (Lipinski definition) is 11. The third-order valence-electron chi connectivity index (χ3n) is 11.2. The van der Waals surface area contributed by atoms with E-state index >= 15 is 0 Å². The number of fused-ring (bicyclic) bond motifs is 3. The fourth-order valence-corrected chi connectivity index (χ4v) is 8.09. The molecule has 1 unspecified atom stereocenters. The smallest absolute Gasteiger partial charge is 0.276 e. The Morgan fingerprint density at radius 3 is 2.26 bits per heavy atom. The molecule has 5 heterocycles. The average molecular weight is 736 g/mol. The molecule has 278 valence electrons. The first-order valence-corrected chi connectivity index (χ1v) is 18.0. The number of aryl methyl sites for hydroxylation is 1. The number of anilines is 4. The summed E-state index contributed by atoms with van der Waals surface area (Å²) >= 11 is 0. The van der Waals surface area contributed by atoms with Gasteiger partial charge in [0.1, 0.15) is 41.0 Å². The molecule has 17 nitrogen and oxygen atoms in total. The minimum Gasteiger partial charge on any atom is -0.336 e. The molecule has 3 aliphatic heterocycles. The first-order valence-electron chi connectivity index (χ1n) is 18.0. The Bertz CT molecular complexity index is 2250. The summed E-state index contributed by atoms with van der Waals surface area (Å²) in [4.78, 5) is 111. The molecule has 0 radical (unpaired) electrons. The lowest BCUT2D eigenvalue weighted by Gasteiger charge is -2.39. The third kappa shape index (κ3) is 6.18. The van der Waals surface area contributed by atoms with Gasteiger partial charge in [-0.1, -0.05) is 0 Å². The van der Waals surface area contributed by atoms with E-state index in [1.165, 1.54) is 43.4 Å². The Labute approximate surface area is 307 Å². The van der Waals surface area contributed by atoms with Crippen molar-refractivity contribution in [2.75, 3.05) is 16.0 Å². The van der Waals surface area contributed by atoms with Gasteiger partial charge in [0.2, 0.25) is 23.6 Å². The molecular weight excluding hydrogens is 698 g/mol. The molecule has 3 fully saturated rings. The molecule has 17 heteroatoms. The van der Waals surface area contributed by atoms with E-state index in [1.807, 2.05) is 0 Å². The van der Waals surface area contributed by atoms with Crippen molar-refractivity contribution in [3.63, 3.8) is 0 Å². The first kappa shape index (κ1) is 34.8. The van der Waals surface area contributed by atoms with Crippen LogP contribution in [0.4, 0.5) is 23.0 Å². The lowest BCUT2D eigenvalue weighted by Crippen LogP contribution is -2.54.